The zero-order valence-electron chi connectivity index (χ0n) is 17.3. The Morgan fingerprint density at radius 3 is 2.56 bits per heavy atom. The number of benzene rings is 1. The summed E-state index contributed by atoms with van der Waals surface area (Å²) in [5.41, 5.74) is -1.51. The highest BCUT2D eigenvalue weighted by atomic mass is 19.3. The van der Waals surface area contributed by atoms with Crippen LogP contribution in [0.3, 0.4) is 0 Å². The first-order valence-corrected chi connectivity index (χ1v) is 10.1. The highest BCUT2D eigenvalue weighted by Crippen LogP contribution is 2.37. The minimum atomic E-state index is -2.95. The standard InChI is InChI=1S/C22H20F3N5O2/c1-11(14-4-3-5-15(19(14)23)20(24)25)27-21-17-10-30(13-6-12(7-13)9-26)18(31)8-16(17)22(32)29(2)28-21/h3-5,8,10-13,20H,6-7H2,1-2H3,(H,27,28)/t11-,12?,13?/m1/s1. The van der Waals surface area contributed by atoms with Gasteiger partial charge in [0.15, 0.2) is 5.82 Å². The summed E-state index contributed by atoms with van der Waals surface area (Å²) in [4.78, 5) is 25.2. The van der Waals surface area contributed by atoms with Crippen LogP contribution in [0.25, 0.3) is 10.8 Å². The molecular weight excluding hydrogens is 423 g/mol. The number of nitrogens with one attached hydrogen (secondary N) is 1. The van der Waals surface area contributed by atoms with Crippen LogP contribution in [0.1, 0.15) is 49.4 Å². The molecule has 0 unspecified atom stereocenters. The molecule has 32 heavy (non-hydrogen) atoms. The average Bonchev–Trinajstić information content (AvgIpc) is 2.71. The van der Waals surface area contributed by atoms with Crippen molar-refractivity contribution in [1.82, 2.24) is 14.3 Å². The van der Waals surface area contributed by atoms with E-state index in [-0.39, 0.29) is 34.3 Å². The summed E-state index contributed by atoms with van der Waals surface area (Å²) in [5, 5.41) is 16.7. The van der Waals surface area contributed by atoms with Gasteiger partial charge in [0.25, 0.3) is 17.5 Å². The van der Waals surface area contributed by atoms with E-state index in [1.807, 2.05) is 0 Å². The fourth-order valence-corrected chi connectivity index (χ4v) is 4.00. The molecule has 1 saturated carbocycles. The first kappa shape index (κ1) is 21.6. The quantitative estimate of drug-likeness (QED) is 0.647. The Morgan fingerprint density at radius 2 is 1.91 bits per heavy atom. The molecule has 1 N–H and O–H groups in total. The number of rotatable bonds is 5. The van der Waals surface area contributed by atoms with Crippen LogP contribution in [0.2, 0.25) is 0 Å². The number of hydrogen-bond acceptors (Lipinski definition) is 5. The van der Waals surface area contributed by atoms with Gasteiger partial charge in [-0.1, -0.05) is 18.2 Å². The number of nitrogens with zero attached hydrogens (tertiary/aromatic N) is 4. The largest absolute Gasteiger partial charge is 0.361 e. The van der Waals surface area contributed by atoms with Crippen LogP contribution in [-0.2, 0) is 7.05 Å². The molecule has 1 atom stereocenters. The fourth-order valence-electron chi connectivity index (χ4n) is 4.00. The molecule has 3 aromatic rings. The van der Waals surface area contributed by atoms with E-state index in [9.17, 15) is 22.8 Å². The Hall–Kier alpha value is -3.61. The molecule has 7 nitrogen and oxygen atoms in total. The van der Waals surface area contributed by atoms with Gasteiger partial charge in [-0.25, -0.2) is 17.9 Å². The molecule has 1 aromatic carbocycles. The van der Waals surface area contributed by atoms with Gasteiger partial charge in [0.05, 0.1) is 29.0 Å². The molecule has 0 radical (unpaired) electrons. The van der Waals surface area contributed by atoms with Crippen LogP contribution in [0.5, 0.6) is 0 Å². The summed E-state index contributed by atoms with van der Waals surface area (Å²) in [6.45, 7) is 1.59. The highest BCUT2D eigenvalue weighted by molar-refractivity contribution is 5.90. The number of hydrogen-bond donors (Lipinski definition) is 1. The summed E-state index contributed by atoms with van der Waals surface area (Å²) >= 11 is 0. The van der Waals surface area contributed by atoms with Gasteiger partial charge in [0.1, 0.15) is 5.82 Å². The van der Waals surface area contributed by atoms with Gasteiger partial charge in [-0.3, -0.25) is 9.59 Å². The van der Waals surface area contributed by atoms with Crippen LogP contribution < -0.4 is 16.4 Å². The lowest BCUT2D eigenvalue weighted by Crippen LogP contribution is -2.34. The van der Waals surface area contributed by atoms with E-state index in [1.54, 1.807) is 6.92 Å². The van der Waals surface area contributed by atoms with Crippen LogP contribution >= 0.6 is 0 Å². The first-order valence-electron chi connectivity index (χ1n) is 10.1. The molecule has 10 heteroatoms. The van der Waals surface area contributed by atoms with Crippen molar-refractivity contribution in [1.29, 1.82) is 5.26 Å². The van der Waals surface area contributed by atoms with Gasteiger partial charge in [-0.15, -0.1) is 0 Å². The van der Waals surface area contributed by atoms with Crippen LogP contribution in [-0.4, -0.2) is 14.3 Å². The van der Waals surface area contributed by atoms with Gasteiger partial charge < -0.3 is 9.88 Å². The lowest BCUT2D eigenvalue weighted by molar-refractivity contribution is 0.146. The Kier molecular flexibility index (Phi) is 5.50. The molecule has 166 valence electrons. The number of alkyl halides is 2. The number of pyridine rings is 1. The van der Waals surface area contributed by atoms with E-state index in [0.29, 0.717) is 18.2 Å². The van der Waals surface area contributed by atoms with Gasteiger partial charge in [-0.05, 0) is 19.8 Å². The molecule has 2 heterocycles. The lowest BCUT2D eigenvalue weighted by atomic mass is 9.81. The normalized spacial score (nSPS) is 18.9. The van der Waals surface area contributed by atoms with Crippen molar-refractivity contribution in [3.05, 3.63) is 68.1 Å². The van der Waals surface area contributed by atoms with E-state index in [0.717, 1.165) is 10.7 Å². The minimum absolute atomic E-state index is 0.0239. The Balaban J connectivity index is 1.78. The van der Waals surface area contributed by atoms with Crippen molar-refractivity contribution in [2.75, 3.05) is 5.32 Å². The van der Waals surface area contributed by atoms with Gasteiger partial charge in [0, 0.05) is 36.3 Å². The van der Waals surface area contributed by atoms with Gasteiger partial charge in [-0.2, -0.15) is 10.4 Å². The van der Waals surface area contributed by atoms with Crippen molar-refractivity contribution in [2.24, 2.45) is 13.0 Å². The number of aromatic nitrogens is 3. The second kappa shape index (κ2) is 8.15. The summed E-state index contributed by atoms with van der Waals surface area (Å²) in [6, 6.07) is 6.26. The summed E-state index contributed by atoms with van der Waals surface area (Å²) < 4.78 is 43.3. The molecule has 0 aliphatic heterocycles. The predicted octanol–water partition coefficient (Wildman–Crippen LogP) is 3.82. The zero-order chi connectivity index (χ0) is 23.2. The van der Waals surface area contributed by atoms with Gasteiger partial charge in [0.2, 0.25) is 0 Å². The van der Waals surface area contributed by atoms with Crippen LogP contribution in [0.15, 0.2) is 40.1 Å². The van der Waals surface area contributed by atoms with E-state index < -0.39 is 29.4 Å². The third kappa shape index (κ3) is 3.64. The number of aryl methyl sites for hydroxylation is 1. The van der Waals surface area contributed by atoms with Crippen LogP contribution in [0.4, 0.5) is 19.0 Å². The van der Waals surface area contributed by atoms with Crippen LogP contribution in [0, 0.1) is 23.1 Å². The van der Waals surface area contributed by atoms with Crippen molar-refractivity contribution in [3.63, 3.8) is 0 Å². The molecule has 4 rings (SSSR count). The number of fused-ring (bicyclic) bond motifs is 1. The molecule has 1 aliphatic rings. The monoisotopic (exact) mass is 443 g/mol. The van der Waals surface area contributed by atoms with E-state index >= 15 is 0 Å². The third-order valence-corrected chi connectivity index (χ3v) is 5.91. The van der Waals surface area contributed by atoms with E-state index in [4.69, 9.17) is 5.26 Å². The van der Waals surface area contributed by atoms with Crippen molar-refractivity contribution in [2.45, 2.75) is 38.3 Å². The molecular formula is C22H20F3N5O2. The van der Waals surface area contributed by atoms with E-state index in [2.05, 4.69) is 16.5 Å². The fraction of sp³-hybridized carbons (Fsp3) is 0.364. The topological polar surface area (TPSA) is 92.7 Å². The van der Waals surface area contributed by atoms with E-state index in [1.165, 1.54) is 36.0 Å². The Bertz CT molecular complexity index is 1350. The molecule has 0 saturated heterocycles. The molecule has 2 aromatic heterocycles. The van der Waals surface area contributed by atoms with Crippen molar-refractivity contribution < 1.29 is 13.2 Å². The number of nitriles is 1. The maximum Gasteiger partial charge on any atom is 0.274 e. The average molecular weight is 443 g/mol. The summed E-state index contributed by atoms with van der Waals surface area (Å²) in [7, 11) is 1.42. The molecule has 1 aliphatic carbocycles. The maximum atomic E-state index is 14.6. The predicted molar refractivity (Wildman–Crippen MR) is 112 cm³/mol. The van der Waals surface area contributed by atoms with Gasteiger partial charge >= 0.3 is 0 Å². The Morgan fingerprint density at radius 1 is 1.22 bits per heavy atom. The second-order valence-electron chi connectivity index (χ2n) is 7.99. The summed E-state index contributed by atoms with van der Waals surface area (Å²) in [6.07, 6.45) is -0.367. The summed E-state index contributed by atoms with van der Waals surface area (Å²) in [5.74, 6) is -0.918. The minimum Gasteiger partial charge on any atom is -0.361 e. The second-order valence-corrected chi connectivity index (χ2v) is 7.99. The number of halogens is 3. The highest BCUT2D eigenvalue weighted by Gasteiger charge is 2.31. The SMILES string of the molecule is C[C@@H](Nc1nn(C)c(=O)c2cc(=O)n(C3CC(C#N)C3)cc12)c1cccc(C(F)F)c1F. The molecule has 0 amide bonds. The van der Waals surface area contributed by atoms with Crippen molar-refractivity contribution >= 4 is 16.6 Å². The third-order valence-electron chi connectivity index (χ3n) is 5.91. The molecule has 0 spiro atoms. The number of anilines is 1. The molecule has 1 fully saturated rings. The van der Waals surface area contributed by atoms with Crippen molar-refractivity contribution in [3.8, 4) is 6.07 Å². The lowest BCUT2D eigenvalue weighted by Gasteiger charge is -2.32. The maximum absolute atomic E-state index is 14.6. The smallest absolute Gasteiger partial charge is 0.274 e. The zero-order valence-corrected chi connectivity index (χ0v) is 17.3. The molecule has 0 bridgehead atoms. The Labute approximate surface area is 180 Å². The first-order chi connectivity index (χ1) is 15.2.